The van der Waals surface area contributed by atoms with Crippen LogP contribution in [-0.4, -0.2) is 11.6 Å². The largest absolute Gasteiger partial charge is 0.468 e. The molecule has 0 aliphatic carbocycles. The molecule has 0 spiro atoms. The zero-order valence-corrected chi connectivity index (χ0v) is 10.8. The van der Waals surface area contributed by atoms with Crippen LogP contribution in [-0.2, 0) is 13.1 Å². The lowest BCUT2D eigenvalue weighted by molar-refractivity contribution is 0.0931. The summed E-state index contributed by atoms with van der Waals surface area (Å²) >= 11 is 7.82. The van der Waals surface area contributed by atoms with E-state index in [2.05, 4.69) is 22.4 Å². The fraction of sp³-hybridized carbons (Fsp3) is 0.231. The molecule has 0 bridgehead atoms. The third kappa shape index (κ3) is 2.32. The van der Waals surface area contributed by atoms with Crippen molar-refractivity contribution in [2.75, 3.05) is 6.73 Å². The maximum Gasteiger partial charge on any atom is 0.180 e. The average molecular weight is 266 g/mol. The van der Waals surface area contributed by atoms with Gasteiger partial charge in [0.05, 0.1) is 0 Å². The van der Waals surface area contributed by atoms with Gasteiger partial charge in [0.1, 0.15) is 6.73 Å². The highest BCUT2D eigenvalue weighted by Gasteiger charge is 2.18. The Morgan fingerprint density at radius 1 is 1.29 bits per heavy atom. The topological polar surface area (TPSA) is 12.5 Å². The molecule has 0 saturated carbocycles. The Kier molecular flexibility index (Phi) is 3.05. The van der Waals surface area contributed by atoms with Crippen molar-refractivity contribution in [2.45, 2.75) is 13.1 Å². The minimum atomic E-state index is 0.638. The zero-order chi connectivity index (χ0) is 11.7. The van der Waals surface area contributed by atoms with Gasteiger partial charge in [-0.3, -0.25) is 4.90 Å². The van der Waals surface area contributed by atoms with Crippen LogP contribution in [0.25, 0.3) is 0 Å². The van der Waals surface area contributed by atoms with Crippen molar-refractivity contribution < 1.29 is 4.74 Å². The molecule has 0 unspecified atom stereocenters. The Morgan fingerprint density at radius 3 is 3.06 bits per heavy atom. The van der Waals surface area contributed by atoms with Crippen molar-refractivity contribution in [3.63, 3.8) is 0 Å². The van der Waals surface area contributed by atoms with Gasteiger partial charge in [-0.1, -0.05) is 29.8 Å². The highest BCUT2D eigenvalue weighted by atomic mass is 35.5. The molecule has 0 amide bonds. The lowest BCUT2D eigenvalue weighted by Crippen LogP contribution is -2.30. The van der Waals surface area contributed by atoms with Crippen LogP contribution in [0.5, 0.6) is 5.06 Å². The van der Waals surface area contributed by atoms with Crippen LogP contribution < -0.4 is 4.74 Å². The molecule has 1 aliphatic heterocycles. The normalized spacial score (nSPS) is 15.4. The summed E-state index contributed by atoms with van der Waals surface area (Å²) in [7, 11) is 0. The van der Waals surface area contributed by atoms with Crippen molar-refractivity contribution in [1.29, 1.82) is 0 Å². The molecule has 1 aromatic heterocycles. The molecule has 1 aromatic carbocycles. The molecule has 0 N–H and O–H groups in total. The predicted octanol–water partition coefficient (Wildman–Crippen LogP) is 3.75. The highest BCUT2D eigenvalue weighted by Crippen LogP contribution is 2.31. The molecule has 88 valence electrons. The lowest BCUT2D eigenvalue weighted by Gasteiger charge is -2.27. The van der Waals surface area contributed by atoms with Gasteiger partial charge in [0, 0.05) is 23.7 Å². The van der Waals surface area contributed by atoms with E-state index >= 15 is 0 Å². The van der Waals surface area contributed by atoms with Crippen LogP contribution >= 0.6 is 22.9 Å². The van der Waals surface area contributed by atoms with Gasteiger partial charge in [-0.25, -0.2) is 0 Å². The quantitative estimate of drug-likeness (QED) is 0.820. The molecular weight excluding hydrogens is 254 g/mol. The van der Waals surface area contributed by atoms with E-state index in [1.165, 1.54) is 5.56 Å². The lowest BCUT2D eigenvalue weighted by atomic mass is 10.2. The minimum absolute atomic E-state index is 0.638. The molecule has 0 saturated heterocycles. The van der Waals surface area contributed by atoms with Gasteiger partial charge in [-0.2, -0.15) is 0 Å². The molecule has 2 heterocycles. The second kappa shape index (κ2) is 4.69. The third-order valence-corrected chi connectivity index (χ3v) is 4.07. The number of benzene rings is 1. The van der Waals surface area contributed by atoms with E-state index in [9.17, 15) is 0 Å². The van der Waals surface area contributed by atoms with Crippen LogP contribution in [0.3, 0.4) is 0 Å². The number of fused-ring (bicyclic) bond motifs is 1. The van der Waals surface area contributed by atoms with Crippen LogP contribution in [0.15, 0.2) is 35.7 Å². The number of hydrogen-bond acceptors (Lipinski definition) is 3. The minimum Gasteiger partial charge on any atom is -0.468 e. The molecule has 0 atom stereocenters. The van der Waals surface area contributed by atoms with Gasteiger partial charge in [-0.15, -0.1) is 11.3 Å². The van der Waals surface area contributed by atoms with Crippen LogP contribution in [0.2, 0.25) is 5.02 Å². The van der Waals surface area contributed by atoms with Gasteiger partial charge in [0.2, 0.25) is 0 Å². The van der Waals surface area contributed by atoms with Gasteiger partial charge in [0.25, 0.3) is 0 Å². The second-order valence-electron chi connectivity index (χ2n) is 4.09. The number of ether oxygens (including phenoxy) is 1. The summed E-state index contributed by atoms with van der Waals surface area (Å²) < 4.78 is 5.69. The Bertz CT molecular complexity index is 526. The van der Waals surface area contributed by atoms with E-state index in [1.807, 2.05) is 18.2 Å². The average Bonchev–Trinajstić information content (AvgIpc) is 2.79. The number of rotatable bonds is 2. The Morgan fingerprint density at radius 2 is 2.18 bits per heavy atom. The van der Waals surface area contributed by atoms with Crippen molar-refractivity contribution in [2.24, 2.45) is 0 Å². The van der Waals surface area contributed by atoms with E-state index in [1.54, 1.807) is 11.3 Å². The summed E-state index contributed by atoms with van der Waals surface area (Å²) in [5, 5.41) is 3.95. The summed E-state index contributed by atoms with van der Waals surface area (Å²) in [5.74, 6) is 0. The first-order chi connectivity index (χ1) is 8.33. The Hall–Kier alpha value is -1.03. The van der Waals surface area contributed by atoms with E-state index < -0.39 is 0 Å². The number of hydrogen-bond donors (Lipinski definition) is 0. The first kappa shape index (κ1) is 11.1. The fourth-order valence-corrected chi connectivity index (χ4v) is 2.93. The van der Waals surface area contributed by atoms with Crippen LogP contribution in [0.4, 0.5) is 0 Å². The van der Waals surface area contributed by atoms with Gasteiger partial charge in [-0.05, 0) is 23.1 Å². The van der Waals surface area contributed by atoms with Crippen molar-refractivity contribution >= 4 is 22.9 Å². The fourth-order valence-electron chi connectivity index (χ4n) is 1.97. The summed E-state index contributed by atoms with van der Waals surface area (Å²) in [6.45, 7) is 2.40. The monoisotopic (exact) mass is 265 g/mol. The summed E-state index contributed by atoms with van der Waals surface area (Å²) in [6, 6.07) is 10.1. The van der Waals surface area contributed by atoms with E-state index in [0.29, 0.717) is 6.73 Å². The first-order valence-electron chi connectivity index (χ1n) is 5.48. The van der Waals surface area contributed by atoms with Crippen molar-refractivity contribution in [1.82, 2.24) is 4.90 Å². The Balaban J connectivity index is 1.74. The molecule has 2 aromatic rings. The van der Waals surface area contributed by atoms with Gasteiger partial charge in [0.15, 0.2) is 5.06 Å². The molecule has 0 fully saturated rings. The zero-order valence-electron chi connectivity index (χ0n) is 9.23. The molecule has 4 heteroatoms. The van der Waals surface area contributed by atoms with Crippen molar-refractivity contribution in [3.8, 4) is 5.06 Å². The number of halogens is 1. The summed E-state index contributed by atoms with van der Waals surface area (Å²) in [5.41, 5.74) is 2.42. The van der Waals surface area contributed by atoms with Crippen molar-refractivity contribution in [3.05, 3.63) is 51.9 Å². The molecular formula is C13H12ClNOS. The van der Waals surface area contributed by atoms with Crippen LogP contribution in [0, 0.1) is 0 Å². The summed E-state index contributed by atoms with van der Waals surface area (Å²) in [4.78, 5) is 2.25. The number of thiophene rings is 1. The molecule has 0 radical (unpaired) electrons. The standard InChI is InChI=1S/C13H12ClNOS/c14-12-4-2-1-3-10(12)7-15-8-11-5-6-17-13(11)16-9-15/h1-6H,7-9H2. The van der Waals surface area contributed by atoms with E-state index in [0.717, 1.165) is 28.7 Å². The highest BCUT2D eigenvalue weighted by molar-refractivity contribution is 7.12. The van der Waals surface area contributed by atoms with E-state index in [4.69, 9.17) is 16.3 Å². The second-order valence-corrected chi connectivity index (χ2v) is 5.37. The molecule has 17 heavy (non-hydrogen) atoms. The van der Waals surface area contributed by atoms with Gasteiger partial charge >= 0.3 is 0 Å². The SMILES string of the molecule is Clc1ccccc1CN1COc2sccc2C1. The van der Waals surface area contributed by atoms with Gasteiger partial charge < -0.3 is 4.74 Å². The van der Waals surface area contributed by atoms with Crippen LogP contribution in [0.1, 0.15) is 11.1 Å². The summed E-state index contributed by atoms with van der Waals surface area (Å²) in [6.07, 6.45) is 0. The van der Waals surface area contributed by atoms with E-state index in [-0.39, 0.29) is 0 Å². The predicted molar refractivity (Wildman–Crippen MR) is 70.5 cm³/mol. The first-order valence-corrected chi connectivity index (χ1v) is 6.73. The molecule has 1 aliphatic rings. The molecule has 2 nitrogen and oxygen atoms in total. The maximum atomic E-state index is 6.16. The number of nitrogens with zero attached hydrogens (tertiary/aromatic N) is 1. The smallest absolute Gasteiger partial charge is 0.180 e. The molecule has 3 rings (SSSR count). The Labute approximate surface area is 109 Å². The maximum absolute atomic E-state index is 6.16. The third-order valence-electron chi connectivity index (χ3n) is 2.83.